The molecule has 2 heterocycles. The third-order valence-corrected chi connectivity index (χ3v) is 7.75. The Bertz CT molecular complexity index is 1130. The molecule has 5 rings (SSSR count). The number of carbonyl (C=O) groups is 1. The van der Waals surface area contributed by atoms with E-state index in [4.69, 9.17) is 16.3 Å². The van der Waals surface area contributed by atoms with E-state index in [1.54, 1.807) is 35.1 Å². The minimum atomic E-state index is -0.571. The summed E-state index contributed by atoms with van der Waals surface area (Å²) in [6.45, 7) is 1.60. The first-order chi connectivity index (χ1) is 17.6. The van der Waals surface area contributed by atoms with Crippen LogP contribution < -0.4 is 0 Å². The molecule has 3 atom stereocenters. The second-order valence-corrected chi connectivity index (χ2v) is 10.5. The lowest BCUT2D eigenvalue weighted by atomic mass is 9.85. The van der Waals surface area contributed by atoms with Crippen LogP contribution in [0.3, 0.4) is 0 Å². The van der Waals surface area contributed by atoms with Crippen molar-refractivity contribution in [3.8, 4) is 0 Å². The van der Waals surface area contributed by atoms with E-state index in [2.05, 4.69) is 27.3 Å². The third-order valence-electron chi connectivity index (χ3n) is 7.50. The molecule has 3 aromatic rings. The first kappa shape index (κ1) is 24.9. The summed E-state index contributed by atoms with van der Waals surface area (Å²) in [5, 5.41) is 20.4. The number of β-amino-alcohol motifs (C(OH)–C–C–N with tert-alkyl or cyclic N) is 1. The molecule has 1 N–H and O–H groups in total. The fraction of sp³-hybridized carbons (Fsp3) is 0.464. The quantitative estimate of drug-likeness (QED) is 0.441. The smallest absolute Gasteiger partial charge is 0.338 e. The number of rotatable bonds is 7. The number of hydrogen-bond donors (Lipinski definition) is 1. The molecule has 1 saturated carbocycles. The zero-order chi connectivity index (χ0) is 24.9. The van der Waals surface area contributed by atoms with Crippen molar-refractivity contribution >= 4 is 17.6 Å². The number of esters is 1. The van der Waals surface area contributed by atoms with E-state index in [1.165, 1.54) is 37.7 Å². The number of carbonyl (C=O) groups excluding carboxylic acids is 1. The van der Waals surface area contributed by atoms with Crippen LogP contribution >= 0.6 is 11.6 Å². The third kappa shape index (κ3) is 5.97. The fourth-order valence-electron chi connectivity index (χ4n) is 5.58. The van der Waals surface area contributed by atoms with Crippen molar-refractivity contribution < 1.29 is 14.6 Å². The van der Waals surface area contributed by atoms with E-state index < -0.39 is 12.1 Å². The highest BCUT2D eigenvalue weighted by atomic mass is 35.5. The van der Waals surface area contributed by atoms with Gasteiger partial charge in [-0.15, -0.1) is 5.10 Å². The molecule has 36 heavy (non-hydrogen) atoms. The molecule has 0 spiro atoms. The van der Waals surface area contributed by atoms with Crippen molar-refractivity contribution in [2.45, 2.75) is 63.3 Å². The van der Waals surface area contributed by atoms with Crippen molar-refractivity contribution in [2.75, 3.05) is 13.1 Å². The monoisotopic (exact) mass is 508 g/mol. The number of nitrogens with zero attached hydrogens (tertiary/aromatic N) is 4. The first-order valence-electron chi connectivity index (χ1n) is 12.9. The molecule has 0 unspecified atom stereocenters. The van der Waals surface area contributed by atoms with Crippen molar-refractivity contribution in [2.24, 2.45) is 5.92 Å². The Morgan fingerprint density at radius 1 is 1.06 bits per heavy atom. The van der Waals surface area contributed by atoms with Gasteiger partial charge in [0.25, 0.3) is 0 Å². The van der Waals surface area contributed by atoms with E-state index in [-0.39, 0.29) is 18.7 Å². The topological polar surface area (TPSA) is 80.5 Å². The van der Waals surface area contributed by atoms with Gasteiger partial charge in [0.1, 0.15) is 12.3 Å². The maximum absolute atomic E-state index is 12.3. The largest absolute Gasteiger partial charge is 0.455 e. The average molecular weight is 509 g/mol. The van der Waals surface area contributed by atoms with Crippen molar-refractivity contribution in [3.05, 3.63) is 82.6 Å². The Morgan fingerprint density at radius 3 is 2.56 bits per heavy atom. The molecule has 2 fully saturated rings. The number of aliphatic hydroxyl groups is 1. The van der Waals surface area contributed by atoms with Gasteiger partial charge in [0, 0.05) is 24.2 Å². The summed E-state index contributed by atoms with van der Waals surface area (Å²) in [5.74, 6) is 0.276. The van der Waals surface area contributed by atoms with Crippen molar-refractivity contribution in [3.63, 3.8) is 0 Å². The second-order valence-electron chi connectivity index (χ2n) is 10.0. The molecular weight excluding hydrogens is 476 g/mol. The minimum Gasteiger partial charge on any atom is -0.455 e. The lowest BCUT2D eigenvalue weighted by molar-refractivity contribution is -0.0182. The van der Waals surface area contributed by atoms with Crippen molar-refractivity contribution in [1.29, 1.82) is 0 Å². The highest BCUT2D eigenvalue weighted by molar-refractivity contribution is 6.30. The van der Waals surface area contributed by atoms with Crippen LogP contribution in [0.15, 0.2) is 60.8 Å². The average Bonchev–Trinajstić information content (AvgIpc) is 3.38. The predicted octanol–water partition coefficient (Wildman–Crippen LogP) is 5.22. The van der Waals surface area contributed by atoms with Gasteiger partial charge in [-0.2, -0.15) is 0 Å². The van der Waals surface area contributed by atoms with E-state index in [1.807, 2.05) is 18.2 Å². The summed E-state index contributed by atoms with van der Waals surface area (Å²) in [4.78, 5) is 14.7. The molecule has 0 amide bonds. The Kier molecular flexibility index (Phi) is 7.99. The van der Waals surface area contributed by atoms with Crippen LogP contribution in [0.5, 0.6) is 0 Å². The van der Waals surface area contributed by atoms with Gasteiger partial charge in [-0.05, 0) is 55.0 Å². The highest BCUT2D eigenvalue weighted by Gasteiger charge is 2.38. The van der Waals surface area contributed by atoms with Crippen LogP contribution in [-0.4, -0.2) is 50.2 Å². The van der Waals surface area contributed by atoms with Crippen LogP contribution in [0, 0.1) is 5.92 Å². The van der Waals surface area contributed by atoms with Crippen LogP contribution in [0.25, 0.3) is 0 Å². The maximum atomic E-state index is 12.3. The fourth-order valence-corrected chi connectivity index (χ4v) is 5.71. The number of hydrogen-bond acceptors (Lipinski definition) is 6. The lowest BCUT2D eigenvalue weighted by Crippen LogP contribution is -2.48. The molecular formula is C28H33ClN4O3. The summed E-state index contributed by atoms with van der Waals surface area (Å²) >= 11 is 6.17. The van der Waals surface area contributed by atoms with Gasteiger partial charge in [0.15, 0.2) is 0 Å². The molecule has 7 nitrogen and oxygen atoms in total. The molecule has 2 aromatic carbocycles. The lowest BCUT2D eigenvalue weighted by Gasteiger charge is -2.44. The number of halogens is 1. The van der Waals surface area contributed by atoms with Gasteiger partial charge >= 0.3 is 5.97 Å². The summed E-state index contributed by atoms with van der Waals surface area (Å²) in [7, 11) is 0. The Labute approximate surface area is 217 Å². The normalized spacial score (nSPS) is 23.4. The molecule has 0 bridgehead atoms. The molecule has 2 aliphatic rings. The number of aromatic nitrogens is 3. The SMILES string of the molecule is O=C(OCc1cn([C@@H]2C[C@H](c3ccc(Cl)cc3)N(CC3CCCCC3)C[C@@H]2O)nn1)c1ccccc1. The molecule has 8 heteroatoms. The maximum Gasteiger partial charge on any atom is 0.338 e. The van der Waals surface area contributed by atoms with E-state index in [9.17, 15) is 9.90 Å². The van der Waals surface area contributed by atoms with Gasteiger partial charge in [0.2, 0.25) is 0 Å². The number of benzene rings is 2. The Balaban J connectivity index is 1.29. The molecule has 190 valence electrons. The van der Waals surface area contributed by atoms with Gasteiger partial charge in [-0.1, -0.05) is 66.4 Å². The van der Waals surface area contributed by atoms with E-state index >= 15 is 0 Å². The van der Waals surface area contributed by atoms with Crippen molar-refractivity contribution in [1.82, 2.24) is 19.9 Å². The number of piperidine rings is 1. The first-order valence-corrected chi connectivity index (χ1v) is 13.2. The van der Waals surface area contributed by atoms with E-state index in [0.29, 0.717) is 30.1 Å². The zero-order valence-corrected chi connectivity index (χ0v) is 21.1. The number of aliphatic hydroxyl groups excluding tert-OH is 1. The predicted molar refractivity (Wildman–Crippen MR) is 138 cm³/mol. The number of likely N-dealkylation sites (tertiary alicyclic amines) is 1. The molecule has 1 saturated heterocycles. The molecule has 0 radical (unpaired) electrons. The Morgan fingerprint density at radius 2 is 1.81 bits per heavy atom. The van der Waals surface area contributed by atoms with Crippen LogP contribution in [0.1, 0.15) is 72.2 Å². The summed E-state index contributed by atoms with van der Waals surface area (Å²) in [5.41, 5.74) is 2.25. The summed E-state index contributed by atoms with van der Waals surface area (Å²) in [6, 6.07) is 16.9. The standard InChI is InChI=1S/C28H33ClN4O3/c29-23-13-11-21(12-14-23)25-15-26(27(34)18-32(25)16-20-7-3-1-4-8-20)33-17-24(30-31-33)19-36-28(35)22-9-5-2-6-10-22/h2,5-6,9-14,17,20,25-27,34H,1,3-4,7-8,15-16,18-19H2/t25-,26-,27+/m1/s1. The highest BCUT2D eigenvalue weighted by Crippen LogP contribution is 2.39. The van der Waals surface area contributed by atoms with Crippen LogP contribution in [0.2, 0.25) is 5.02 Å². The van der Waals surface area contributed by atoms with E-state index in [0.717, 1.165) is 11.6 Å². The van der Waals surface area contributed by atoms with Gasteiger partial charge in [-0.25, -0.2) is 9.48 Å². The van der Waals surface area contributed by atoms with Gasteiger partial charge in [0.05, 0.1) is 23.9 Å². The summed E-state index contributed by atoms with van der Waals surface area (Å²) < 4.78 is 7.14. The molecule has 1 aliphatic carbocycles. The Hall–Kier alpha value is -2.74. The van der Waals surface area contributed by atoms with Crippen LogP contribution in [0.4, 0.5) is 0 Å². The van der Waals surface area contributed by atoms with Crippen LogP contribution in [-0.2, 0) is 11.3 Å². The van der Waals surface area contributed by atoms with Gasteiger partial charge < -0.3 is 9.84 Å². The second kappa shape index (κ2) is 11.5. The molecule has 1 aromatic heterocycles. The zero-order valence-electron chi connectivity index (χ0n) is 20.4. The van der Waals surface area contributed by atoms with Gasteiger partial charge in [-0.3, -0.25) is 4.90 Å². The number of ether oxygens (including phenoxy) is 1. The molecule has 1 aliphatic heterocycles. The minimum absolute atomic E-state index is 0.0327. The summed E-state index contributed by atoms with van der Waals surface area (Å²) in [6.07, 6.45) is 8.37.